The van der Waals surface area contributed by atoms with Crippen LogP contribution in [-0.4, -0.2) is 27.2 Å². The summed E-state index contributed by atoms with van der Waals surface area (Å²) in [6.07, 6.45) is -2.85. The Bertz CT molecular complexity index is 350. The summed E-state index contributed by atoms with van der Waals surface area (Å²) in [5.74, 6) is -0.942. The Morgan fingerprint density at radius 2 is 2.07 bits per heavy atom. The fourth-order valence-corrected chi connectivity index (χ4v) is 2.06. The number of aryl methyl sites for hydroxylation is 2. The Morgan fingerprint density at radius 1 is 1.50 bits per heavy atom. The number of nitrogens with zero attached hydrogens (tertiary/aromatic N) is 1. The summed E-state index contributed by atoms with van der Waals surface area (Å²) in [4.78, 5) is 15.2. The lowest BCUT2D eigenvalue weighted by Crippen LogP contribution is -2.33. The summed E-state index contributed by atoms with van der Waals surface area (Å²) in [6, 6.07) is 0. The van der Waals surface area contributed by atoms with Crippen molar-refractivity contribution >= 4 is 17.2 Å². The van der Waals surface area contributed by atoms with Gasteiger partial charge in [0.1, 0.15) is 6.10 Å². The van der Waals surface area contributed by atoms with E-state index in [4.69, 9.17) is 5.73 Å². The van der Waals surface area contributed by atoms with E-state index in [1.54, 1.807) is 13.8 Å². The number of nitrogens with two attached hydrogens (primary N) is 1. The maximum atomic E-state index is 10.6. The van der Waals surface area contributed by atoms with Gasteiger partial charge in [0.2, 0.25) is 5.91 Å². The number of amides is 1. The van der Waals surface area contributed by atoms with Crippen molar-refractivity contribution in [1.82, 2.24) is 4.98 Å². The molecule has 0 saturated heterocycles. The number of carbonyl (C=O) groups is 1. The number of hydrogen-bond donors (Lipinski definition) is 3. The van der Waals surface area contributed by atoms with Crippen LogP contribution in [0, 0.1) is 13.8 Å². The Kier molecular flexibility index (Phi) is 3.20. The normalized spacial score (nSPS) is 15.1. The molecule has 5 nitrogen and oxygen atoms in total. The quantitative estimate of drug-likeness (QED) is 0.642. The van der Waals surface area contributed by atoms with Crippen LogP contribution in [0.1, 0.15) is 21.7 Å². The van der Waals surface area contributed by atoms with Crippen molar-refractivity contribution in [3.05, 3.63) is 15.6 Å². The Balaban J connectivity index is 2.94. The summed E-state index contributed by atoms with van der Waals surface area (Å²) in [5, 5.41) is 19.6. The minimum atomic E-state index is -1.58. The van der Waals surface area contributed by atoms with Gasteiger partial charge < -0.3 is 15.9 Å². The van der Waals surface area contributed by atoms with Crippen LogP contribution in [0.2, 0.25) is 0 Å². The molecule has 0 radical (unpaired) electrons. The Hall–Kier alpha value is -0.980. The first-order valence-corrected chi connectivity index (χ1v) is 4.84. The second kappa shape index (κ2) is 4.04. The largest absolute Gasteiger partial charge is 0.384 e. The van der Waals surface area contributed by atoms with E-state index in [0.29, 0.717) is 10.6 Å². The summed E-state index contributed by atoms with van der Waals surface area (Å²) in [5.41, 5.74) is 5.48. The molecule has 1 amide bonds. The highest BCUT2D eigenvalue weighted by Gasteiger charge is 2.26. The molecule has 0 aliphatic rings. The summed E-state index contributed by atoms with van der Waals surface area (Å²) < 4.78 is 0. The highest BCUT2D eigenvalue weighted by atomic mass is 32.1. The molecule has 0 aliphatic carbocycles. The van der Waals surface area contributed by atoms with Crippen molar-refractivity contribution in [3.8, 4) is 0 Å². The Labute approximate surface area is 85.2 Å². The van der Waals surface area contributed by atoms with Crippen LogP contribution in [0.3, 0.4) is 0 Å². The minimum absolute atomic E-state index is 0.480. The van der Waals surface area contributed by atoms with Crippen molar-refractivity contribution in [2.24, 2.45) is 5.73 Å². The third-order valence-corrected chi connectivity index (χ3v) is 2.94. The van der Waals surface area contributed by atoms with Gasteiger partial charge in [-0.3, -0.25) is 4.79 Å². The van der Waals surface area contributed by atoms with Crippen LogP contribution in [0.5, 0.6) is 0 Å². The molecule has 1 rings (SSSR count). The first-order chi connectivity index (χ1) is 6.43. The van der Waals surface area contributed by atoms with E-state index in [0.717, 1.165) is 5.01 Å². The van der Waals surface area contributed by atoms with Crippen LogP contribution in [0.25, 0.3) is 0 Å². The lowest BCUT2D eigenvalue weighted by atomic mass is 10.1. The van der Waals surface area contributed by atoms with Crippen LogP contribution >= 0.6 is 11.3 Å². The molecule has 1 heterocycles. The van der Waals surface area contributed by atoms with Crippen molar-refractivity contribution in [1.29, 1.82) is 0 Å². The van der Waals surface area contributed by atoms with Gasteiger partial charge in [-0.1, -0.05) is 0 Å². The zero-order valence-corrected chi connectivity index (χ0v) is 8.71. The van der Waals surface area contributed by atoms with Crippen LogP contribution in [-0.2, 0) is 4.79 Å². The maximum Gasteiger partial charge on any atom is 0.249 e. The number of aliphatic hydroxyl groups is 2. The summed E-state index contributed by atoms with van der Waals surface area (Å²) in [6.45, 7) is 3.49. The van der Waals surface area contributed by atoms with Gasteiger partial charge in [0.15, 0.2) is 6.10 Å². The van der Waals surface area contributed by atoms with Gasteiger partial charge in [-0.05, 0) is 13.8 Å². The zero-order chi connectivity index (χ0) is 10.9. The molecule has 1 aromatic rings. The van der Waals surface area contributed by atoms with Crippen LogP contribution < -0.4 is 5.73 Å². The SMILES string of the molecule is Cc1nc(C)c(C(O)C(O)C(N)=O)s1. The second-order valence-corrected chi connectivity index (χ2v) is 4.21. The van der Waals surface area contributed by atoms with Crippen LogP contribution in [0.4, 0.5) is 0 Å². The van der Waals surface area contributed by atoms with Gasteiger partial charge in [0, 0.05) is 0 Å². The second-order valence-electron chi connectivity index (χ2n) is 2.97. The molecule has 0 bridgehead atoms. The molecular formula is C8H12N2O3S. The van der Waals surface area contributed by atoms with E-state index in [9.17, 15) is 15.0 Å². The molecule has 78 valence electrons. The number of aromatic nitrogens is 1. The first kappa shape index (κ1) is 11.1. The number of hydrogen-bond acceptors (Lipinski definition) is 5. The molecule has 6 heteroatoms. The molecule has 4 N–H and O–H groups in total. The highest BCUT2D eigenvalue weighted by molar-refractivity contribution is 7.11. The molecule has 0 fully saturated rings. The average molecular weight is 216 g/mol. The third-order valence-electron chi connectivity index (χ3n) is 1.80. The molecule has 0 spiro atoms. The highest BCUT2D eigenvalue weighted by Crippen LogP contribution is 2.26. The number of primary amides is 1. The minimum Gasteiger partial charge on any atom is -0.384 e. The molecule has 1 aromatic heterocycles. The lowest BCUT2D eigenvalue weighted by Gasteiger charge is -2.13. The van der Waals surface area contributed by atoms with E-state index >= 15 is 0 Å². The Morgan fingerprint density at radius 3 is 2.43 bits per heavy atom. The molecular weight excluding hydrogens is 204 g/mol. The fraction of sp³-hybridized carbons (Fsp3) is 0.500. The summed E-state index contributed by atoms with van der Waals surface area (Å²) >= 11 is 1.24. The zero-order valence-electron chi connectivity index (χ0n) is 7.89. The molecule has 2 atom stereocenters. The van der Waals surface area contributed by atoms with E-state index < -0.39 is 18.1 Å². The van der Waals surface area contributed by atoms with E-state index in [-0.39, 0.29) is 0 Å². The standard InChI is InChI=1S/C8H12N2O3S/c1-3-7(14-4(2)10-3)5(11)6(12)8(9)13/h5-6,11-12H,1-2H3,(H2,9,13). The topological polar surface area (TPSA) is 96.4 Å². The van der Waals surface area contributed by atoms with Crippen LogP contribution in [0.15, 0.2) is 0 Å². The van der Waals surface area contributed by atoms with E-state index in [1.807, 2.05) is 0 Å². The molecule has 0 aliphatic heterocycles. The van der Waals surface area contributed by atoms with Crippen molar-refractivity contribution in [2.45, 2.75) is 26.1 Å². The maximum absolute atomic E-state index is 10.6. The van der Waals surface area contributed by atoms with Gasteiger partial charge in [-0.2, -0.15) is 0 Å². The molecule has 14 heavy (non-hydrogen) atoms. The first-order valence-electron chi connectivity index (χ1n) is 4.03. The van der Waals surface area contributed by atoms with Gasteiger partial charge in [0.05, 0.1) is 15.6 Å². The average Bonchev–Trinajstić information content (AvgIpc) is 2.42. The van der Waals surface area contributed by atoms with Crippen molar-refractivity contribution in [2.75, 3.05) is 0 Å². The fourth-order valence-electron chi connectivity index (χ4n) is 1.12. The molecule has 0 saturated carbocycles. The smallest absolute Gasteiger partial charge is 0.249 e. The number of rotatable bonds is 3. The van der Waals surface area contributed by atoms with Crippen molar-refractivity contribution < 1.29 is 15.0 Å². The number of carbonyl (C=O) groups excluding carboxylic acids is 1. The monoisotopic (exact) mass is 216 g/mol. The van der Waals surface area contributed by atoms with E-state index in [1.165, 1.54) is 11.3 Å². The molecule has 0 aromatic carbocycles. The third kappa shape index (κ3) is 2.09. The van der Waals surface area contributed by atoms with Gasteiger partial charge in [0.25, 0.3) is 0 Å². The van der Waals surface area contributed by atoms with Gasteiger partial charge in [-0.15, -0.1) is 11.3 Å². The number of aliphatic hydroxyl groups excluding tert-OH is 2. The molecule has 2 unspecified atom stereocenters. The number of thiazole rings is 1. The lowest BCUT2D eigenvalue weighted by molar-refractivity contribution is -0.131. The predicted octanol–water partition coefficient (Wildman–Crippen LogP) is -0.360. The predicted molar refractivity (Wildman–Crippen MR) is 51.7 cm³/mol. The van der Waals surface area contributed by atoms with E-state index in [2.05, 4.69) is 4.98 Å². The van der Waals surface area contributed by atoms with Gasteiger partial charge in [-0.25, -0.2) is 4.98 Å². The van der Waals surface area contributed by atoms with Crippen molar-refractivity contribution in [3.63, 3.8) is 0 Å². The van der Waals surface area contributed by atoms with Gasteiger partial charge >= 0.3 is 0 Å². The summed E-state index contributed by atoms with van der Waals surface area (Å²) in [7, 11) is 0.